The van der Waals surface area contributed by atoms with E-state index >= 15 is 0 Å². The van der Waals surface area contributed by atoms with Crippen LogP contribution in [0.4, 0.5) is 0 Å². The second kappa shape index (κ2) is 5.34. The number of hydrogen-bond donors (Lipinski definition) is 1. The summed E-state index contributed by atoms with van der Waals surface area (Å²) in [7, 11) is 0. The molecule has 4 atom stereocenters. The molecule has 1 aliphatic carbocycles. The van der Waals surface area contributed by atoms with Gasteiger partial charge >= 0.3 is 5.97 Å². The zero-order chi connectivity index (χ0) is 15.1. The van der Waals surface area contributed by atoms with Crippen molar-refractivity contribution < 1.29 is 14.7 Å². The van der Waals surface area contributed by atoms with E-state index in [4.69, 9.17) is 16.7 Å². The van der Waals surface area contributed by atoms with E-state index in [2.05, 4.69) is 0 Å². The summed E-state index contributed by atoms with van der Waals surface area (Å²) >= 11 is 5.99. The Balaban J connectivity index is 1.67. The van der Waals surface area contributed by atoms with Gasteiger partial charge in [0.2, 0.25) is 5.91 Å². The normalized spacial score (nSPS) is 31.2. The molecule has 0 radical (unpaired) electrons. The number of halogens is 1. The third-order valence-electron chi connectivity index (χ3n) is 4.74. The number of aliphatic carboxylic acids is 1. The first kappa shape index (κ1) is 14.4. The molecule has 1 saturated heterocycles. The van der Waals surface area contributed by atoms with E-state index < -0.39 is 11.9 Å². The quantitative estimate of drug-likeness (QED) is 0.934. The van der Waals surface area contributed by atoms with Crippen LogP contribution in [0.3, 0.4) is 0 Å². The van der Waals surface area contributed by atoms with Crippen LogP contribution in [0, 0.1) is 11.8 Å². The molecule has 112 valence electrons. The van der Waals surface area contributed by atoms with Gasteiger partial charge in [-0.05, 0) is 43.4 Å². The van der Waals surface area contributed by atoms with Crippen molar-refractivity contribution in [3.8, 4) is 0 Å². The molecule has 1 N–H and O–H groups in total. The lowest BCUT2D eigenvalue weighted by Crippen LogP contribution is -2.38. The van der Waals surface area contributed by atoms with Gasteiger partial charge in [-0.3, -0.25) is 9.59 Å². The number of likely N-dealkylation sites (tertiary alicyclic amines) is 1. The van der Waals surface area contributed by atoms with Crippen molar-refractivity contribution in [2.24, 2.45) is 11.8 Å². The van der Waals surface area contributed by atoms with Crippen LogP contribution >= 0.6 is 11.6 Å². The molecular formula is C16H18ClNO3. The van der Waals surface area contributed by atoms with E-state index in [1.54, 1.807) is 4.90 Å². The topological polar surface area (TPSA) is 57.6 Å². The van der Waals surface area contributed by atoms with Crippen molar-refractivity contribution in [3.05, 3.63) is 34.9 Å². The standard InChI is InChI=1S/C16H18ClNO3/c1-9-12(16(20)21)5-6-18(9)15(19)14-8-13(14)10-3-2-4-11(17)7-10/h2-4,7,9,12-14H,5-6,8H2,1H3,(H,20,21). The van der Waals surface area contributed by atoms with Gasteiger partial charge in [-0.2, -0.15) is 0 Å². The minimum Gasteiger partial charge on any atom is -0.481 e. The third-order valence-corrected chi connectivity index (χ3v) is 4.97. The highest BCUT2D eigenvalue weighted by Crippen LogP contribution is 2.49. The smallest absolute Gasteiger partial charge is 0.308 e. The summed E-state index contributed by atoms with van der Waals surface area (Å²) in [4.78, 5) is 25.4. The highest BCUT2D eigenvalue weighted by molar-refractivity contribution is 6.30. The van der Waals surface area contributed by atoms with Gasteiger partial charge in [0, 0.05) is 23.5 Å². The molecule has 21 heavy (non-hydrogen) atoms. The summed E-state index contributed by atoms with van der Waals surface area (Å²) in [5.41, 5.74) is 1.10. The van der Waals surface area contributed by atoms with Crippen molar-refractivity contribution in [1.82, 2.24) is 4.90 Å². The van der Waals surface area contributed by atoms with Gasteiger partial charge in [0.25, 0.3) is 0 Å². The molecule has 1 amide bonds. The molecule has 1 aromatic rings. The molecule has 0 bridgehead atoms. The molecule has 4 nitrogen and oxygen atoms in total. The monoisotopic (exact) mass is 307 g/mol. The lowest BCUT2D eigenvalue weighted by atomic mass is 10.0. The Hall–Kier alpha value is -1.55. The number of carbonyl (C=O) groups is 2. The molecule has 1 aliphatic heterocycles. The van der Waals surface area contributed by atoms with E-state index in [1.165, 1.54) is 0 Å². The maximum absolute atomic E-state index is 12.6. The maximum atomic E-state index is 12.6. The van der Waals surface area contributed by atoms with Crippen molar-refractivity contribution in [2.45, 2.75) is 31.7 Å². The van der Waals surface area contributed by atoms with E-state index in [0.717, 1.165) is 12.0 Å². The number of rotatable bonds is 3. The zero-order valence-corrected chi connectivity index (χ0v) is 12.6. The Bertz CT molecular complexity index is 589. The van der Waals surface area contributed by atoms with Crippen molar-refractivity contribution in [1.29, 1.82) is 0 Å². The van der Waals surface area contributed by atoms with Crippen LogP contribution in [0.25, 0.3) is 0 Å². The average molecular weight is 308 g/mol. The van der Waals surface area contributed by atoms with Gasteiger partial charge in [0.05, 0.1) is 5.92 Å². The van der Waals surface area contributed by atoms with Crippen molar-refractivity contribution in [3.63, 3.8) is 0 Å². The molecule has 2 fully saturated rings. The van der Waals surface area contributed by atoms with Crippen LogP contribution in [-0.2, 0) is 9.59 Å². The minimum absolute atomic E-state index is 0.0153. The number of hydrogen-bond acceptors (Lipinski definition) is 2. The highest BCUT2D eigenvalue weighted by Gasteiger charge is 2.49. The SMILES string of the molecule is CC1C(C(=O)O)CCN1C(=O)C1CC1c1cccc(Cl)c1. The van der Waals surface area contributed by atoms with Crippen molar-refractivity contribution >= 4 is 23.5 Å². The Labute approximate surface area is 128 Å². The van der Waals surface area contributed by atoms with Gasteiger partial charge in [-0.15, -0.1) is 0 Å². The number of carboxylic acid groups (broad SMARTS) is 1. The van der Waals surface area contributed by atoms with E-state index in [-0.39, 0.29) is 23.8 Å². The Morgan fingerprint density at radius 3 is 2.71 bits per heavy atom. The number of amides is 1. The van der Waals surface area contributed by atoms with Crippen molar-refractivity contribution in [2.75, 3.05) is 6.54 Å². The molecule has 4 unspecified atom stereocenters. The summed E-state index contributed by atoms with van der Waals surface area (Å²) in [5, 5.41) is 9.83. The molecule has 0 spiro atoms. The minimum atomic E-state index is -0.806. The Morgan fingerprint density at radius 2 is 2.10 bits per heavy atom. The second-order valence-corrected chi connectivity index (χ2v) is 6.45. The molecular weight excluding hydrogens is 290 g/mol. The van der Waals surface area contributed by atoms with Crippen LogP contribution in [0.5, 0.6) is 0 Å². The summed E-state index contributed by atoms with van der Waals surface area (Å²) in [6, 6.07) is 7.42. The number of carboxylic acids is 1. The number of benzene rings is 1. The van der Waals surface area contributed by atoms with E-state index in [0.29, 0.717) is 18.0 Å². The van der Waals surface area contributed by atoms with Gasteiger partial charge in [0.15, 0.2) is 0 Å². The van der Waals surface area contributed by atoms with Gasteiger partial charge in [-0.25, -0.2) is 0 Å². The summed E-state index contributed by atoms with van der Waals surface area (Å²) in [5.74, 6) is -0.931. The first-order valence-electron chi connectivity index (χ1n) is 7.28. The second-order valence-electron chi connectivity index (χ2n) is 6.01. The largest absolute Gasteiger partial charge is 0.481 e. The summed E-state index contributed by atoms with van der Waals surface area (Å²) < 4.78 is 0. The lowest BCUT2D eigenvalue weighted by Gasteiger charge is -2.23. The zero-order valence-electron chi connectivity index (χ0n) is 11.8. The Morgan fingerprint density at radius 1 is 1.33 bits per heavy atom. The highest BCUT2D eigenvalue weighted by atomic mass is 35.5. The predicted molar refractivity (Wildman–Crippen MR) is 79.2 cm³/mol. The molecule has 0 aromatic heterocycles. The fourth-order valence-corrected chi connectivity index (χ4v) is 3.57. The number of carbonyl (C=O) groups excluding carboxylic acids is 1. The first-order valence-corrected chi connectivity index (χ1v) is 7.65. The lowest BCUT2D eigenvalue weighted by molar-refractivity contribution is -0.143. The maximum Gasteiger partial charge on any atom is 0.308 e. The van der Waals surface area contributed by atoms with Gasteiger partial charge < -0.3 is 10.0 Å². The summed E-state index contributed by atoms with van der Waals surface area (Å²) in [6.45, 7) is 2.39. The van der Waals surface area contributed by atoms with Gasteiger partial charge in [-0.1, -0.05) is 23.7 Å². The fraction of sp³-hybridized carbons (Fsp3) is 0.500. The fourth-order valence-electron chi connectivity index (χ4n) is 3.37. The van der Waals surface area contributed by atoms with E-state index in [9.17, 15) is 9.59 Å². The molecule has 2 aliphatic rings. The molecule has 3 rings (SSSR count). The molecule has 1 saturated carbocycles. The first-order chi connectivity index (χ1) is 9.99. The van der Waals surface area contributed by atoms with Gasteiger partial charge in [0.1, 0.15) is 0 Å². The molecule has 1 aromatic carbocycles. The predicted octanol–water partition coefficient (Wildman–Crippen LogP) is 2.77. The third kappa shape index (κ3) is 2.64. The van der Waals surface area contributed by atoms with Crippen LogP contribution in [0.2, 0.25) is 5.02 Å². The summed E-state index contributed by atoms with van der Waals surface area (Å²) in [6.07, 6.45) is 1.39. The Kier molecular flexibility index (Phi) is 3.66. The average Bonchev–Trinajstić information content (AvgIpc) is 3.14. The number of nitrogens with zero attached hydrogens (tertiary/aromatic N) is 1. The van der Waals surface area contributed by atoms with Crippen LogP contribution in [0.15, 0.2) is 24.3 Å². The van der Waals surface area contributed by atoms with Crippen LogP contribution < -0.4 is 0 Å². The molecule has 5 heteroatoms. The molecule has 1 heterocycles. The van der Waals surface area contributed by atoms with E-state index in [1.807, 2.05) is 31.2 Å². The van der Waals surface area contributed by atoms with Crippen LogP contribution in [-0.4, -0.2) is 34.5 Å². The van der Waals surface area contributed by atoms with Crippen LogP contribution in [0.1, 0.15) is 31.2 Å².